The van der Waals surface area contributed by atoms with Gasteiger partial charge in [-0.1, -0.05) is 137 Å². The standard InChI is InChI=1S/C33H63NO5/c1-28(2)22-18-14-10-6-5-7-12-16-20-24-30(26-31(35)34-27-32(36)37)39-33(38)25-21-17-13-9-8-11-15-19-23-29(3)4/h28-30H,5-27H2,1-4H3,(H,34,35)(H,36,37)/t30-/m1/s1. The molecule has 0 fully saturated rings. The van der Waals surface area contributed by atoms with Crippen LogP contribution in [0.25, 0.3) is 0 Å². The van der Waals surface area contributed by atoms with E-state index < -0.39 is 18.6 Å². The summed E-state index contributed by atoms with van der Waals surface area (Å²) in [6.45, 7) is 8.72. The molecule has 1 atom stereocenters. The minimum absolute atomic E-state index is 0.0339. The van der Waals surface area contributed by atoms with Gasteiger partial charge in [-0.3, -0.25) is 14.4 Å². The molecule has 0 aromatic rings. The highest BCUT2D eigenvalue weighted by Crippen LogP contribution is 2.17. The van der Waals surface area contributed by atoms with Crippen LogP contribution in [-0.2, 0) is 19.1 Å². The quantitative estimate of drug-likeness (QED) is 0.0745. The van der Waals surface area contributed by atoms with E-state index in [1.807, 2.05) is 0 Å². The number of carboxylic acids is 1. The Morgan fingerprint density at radius 2 is 0.974 bits per heavy atom. The van der Waals surface area contributed by atoms with Gasteiger partial charge in [0, 0.05) is 6.42 Å². The zero-order valence-electron chi connectivity index (χ0n) is 26.1. The molecule has 0 saturated carbocycles. The van der Waals surface area contributed by atoms with Crippen molar-refractivity contribution in [3.8, 4) is 0 Å². The number of nitrogens with one attached hydrogen (secondary N) is 1. The molecule has 230 valence electrons. The first-order valence-electron chi connectivity index (χ1n) is 16.4. The minimum atomic E-state index is -1.08. The molecule has 6 heteroatoms. The SMILES string of the molecule is CC(C)CCCCCCCCCCC[C@H](CC(=O)NCC(=O)O)OC(=O)CCCCCCCCCCC(C)C. The smallest absolute Gasteiger partial charge is 0.322 e. The van der Waals surface area contributed by atoms with Crippen molar-refractivity contribution in [3.05, 3.63) is 0 Å². The van der Waals surface area contributed by atoms with Crippen LogP contribution in [0.5, 0.6) is 0 Å². The molecule has 0 rings (SSSR count). The molecule has 0 heterocycles. The summed E-state index contributed by atoms with van der Waals surface area (Å²) in [5.41, 5.74) is 0. The topological polar surface area (TPSA) is 92.7 Å². The zero-order valence-corrected chi connectivity index (χ0v) is 26.1. The molecule has 0 aromatic carbocycles. The summed E-state index contributed by atoms with van der Waals surface area (Å²) in [6, 6.07) is 0. The highest BCUT2D eigenvalue weighted by molar-refractivity contribution is 5.81. The fraction of sp³-hybridized carbons (Fsp3) is 0.909. The Kier molecular flexibility index (Phi) is 25.5. The maximum absolute atomic E-state index is 12.4. The molecule has 0 bridgehead atoms. The van der Waals surface area contributed by atoms with Crippen LogP contribution < -0.4 is 5.32 Å². The number of carbonyl (C=O) groups is 3. The van der Waals surface area contributed by atoms with Crippen LogP contribution in [-0.4, -0.2) is 35.6 Å². The number of amides is 1. The number of carbonyl (C=O) groups excluding carboxylic acids is 2. The first-order chi connectivity index (χ1) is 18.7. The molecule has 0 aromatic heterocycles. The number of hydrogen-bond donors (Lipinski definition) is 2. The molecular weight excluding hydrogens is 490 g/mol. The van der Waals surface area contributed by atoms with Gasteiger partial charge >= 0.3 is 11.9 Å². The number of ether oxygens (including phenoxy) is 1. The van der Waals surface area contributed by atoms with Crippen molar-refractivity contribution >= 4 is 17.8 Å². The van der Waals surface area contributed by atoms with Gasteiger partial charge in [0.2, 0.25) is 5.91 Å². The Morgan fingerprint density at radius 1 is 0.590 bits per heavy atom. The fourth-order valence-electron chi connectivity index (χ4n) is 4.95. The highest BCUT2D eigenvalue weighted by Gasteiger charge is 2.18. The van der Waals surface area contributed by atoms with E-state index in [-0.39, 0.29) is 18.3 Å². The summed E-state index contributed by atoms with van der Waals surface area (Å²) in [6.07, 6.45) is 23.7. The van der Waals surface area contributed by atoms with Crippen molar-refractivity contribution in [2.45, 2.75) is 175 Å². The molecule has 0 aliphatic carbocycles. The molecule has 0 unspecified atom stereocenters. The Morgan fingerprint density at radius 3 is 1.38 bits per heavy atom. The molecule has 0 aliphatic rings. The molecule has 2 N–H and O–H groups in total. The van der Waals surface area contributed by atoms with Gasteiger partial charge in [0.05, 0.1) is 6.42 Å². The summed E-state index contributed by atoms with van der Waals surface area (Å²) in [4.78, 5) is 35.3. The predicted molar refractivity (Wildman–Crippen MR) is 162 cm³/mol. The van der Waals surface area contributed by atoms with Crippen molar-refractivity contribution in [2.75, 3.05) is 6.54 Å². The van der Waals surface area contributed by atoms with E-state index in [1.54, 1.807) is 0 Å². The molecule has 6 nitrogen and oxygen atoms in total. The lowest BCUT2D eigenvalue weighted by atomic mass is 10.0. The number of carboxylic acid groups (broad SMARTS) is 1. The average molecular weight is 554 g/mol. The van der Waals surface area contributed by atoms with E-state index in [0.29, 0.717) is 12.8 Å². The van der Waals surface area contributed by atoms with Gasteiger partial charge in [-0.25, -0.2) is 0 Å². The first-order valence-corrected chi connectivity index (χ1v) is 16.4. The van der Waals surface area contributed by atoms with Crippen LogP contribution in [0, 0.1) is 11.8 Å². The van der Waals surface area contributed by atoms with Gasteiger partial charge in [-0.05, 0) is 31.1 Å². The van der Waals surface area contributed by atoms with Gasteiger partial charge in [-0.15, -0.1) is 0 Å². The number of esters is 1. The monoisotopic (exact) mass is 553 g/mol. The predicted octanol–water partition coefficient (Wildman–Crippen LogP) is 8.99. The molecule has 39 heavy (non-hydrogen) atoms. The fourth-order valence-corrected chi connectivity index (χ4v) is 4.95. The van der Waals surface area contributed by atoms with Crippen molar-refractivity contribution < 1.29 is 24.2 Å². The number of rotatable bonds is 28. The van der Waals surface area contributed by atoms with Gasteiger partial charge in [-0.2, -0.15) is 0 Å². The van der Waals surface area contributed by atoms with Gasteiger partial charge in [0.25, 0.3) is 0 Å². The molecule has 0 spiro atoms. The van der Waals surface area contributed by atoms with Crippen LogP contribution in [0.1, 0.15) is 169 Å². The Balaban J connectivity index is 4.09. The van der Waals surface area contributed by atoms with E-state index in [2.05, 4.69) is 33.0 Å². The largest absolute Gasteiger partial charge is 0.480 e. The lowest BCUT2D eigenvalue weighted by molar-refractivity contribution is -0.151. The van der Waals surface area contributed by atoms with Crippen LogP contribution in [0.3, 0.4) is 0 Å². The Bertz CT molecular complexity index is 605. The summed E-state index contributed by atoms with van der Waals surface area (Å²) < 4.78 is 5.67. The Hall–Kier alpha value is -1.59. The van der Waals surface area contributed by atoms with E-state index >= 15 is 0 Å². The zero-order chi connectivity index (χ0) is 29.1. The van der Waals surface area contributed by atoms with Crippen molar-refractivity contribution in [2.24, 2.45) is 11.8 Å². The maximum atomic E-state index is 12.4. The summed E-state index contributed by atoms with van der Waals surface area (Å²) in [7, 11) is 0. The van der Waals surface area contributed by atoms with Crippen molar-refractivity contribution in [1.82, 2.24) is 5.32 Å². The third-order valence-electron chi connectivity index (χ3n) is 7.37. The summed E-state index contributed by atoms with van der Waals surface area (Å²) >= 11 is 0. The van der Waals surface area contributed by atoms with Crippen LogP contribution in [0.2, 0.25) is 0 Å². The van der Waals surface area contributed by atoms with Crippen molar-refractivity contribution in [3.63, 3.8) is 0 Å². The average Bonchev–Trinajstić information content (AvgIpc) is 2.86. The Labute approximate surface area is 240 Å². The van der Waals surface area contributed by atoms with Crippen LogP contribution in [0.4, 0.5) is 0 Å². The van der Waals surface area contributed by atoms with E-state index in [0.717, 1.165) is 50.4 Å². The highest BCUT2D eigenvalue weighted by atomic mass is 16.5. The second-order valence-electron chi connectivity index (χ2n) is 12.4. The second-order valence-corrected chi connectivity index (χ2v) is 12.4. The normalized spacial score (nSPS) is 12.2. The van der Waals surface area contributed by atoms with Crippen LogP contribution >= 0.6 is 0 Å². The molecule has 0 aliphatic heterocycles. The number of hydrogen-bond acceptors (Lipinski definition) is 4. The molecule has 1 amide bonds. The molecular formula is C33H63NO5. The second kappa shape index (κ2) is 26.6. The van der Waals surface area contributed by atoms with Gasteiger partial charge < -0.3 is 15.2 Å². The third kappa shape index (κ3) is 29.2. The summed E-state index contributed by atoms with van der Waals surface area (Å²) in [5, 5.41) is 11.2. The number of aliphatic carboxylic acids is 1. The lowest BCUT2D eigenvalue weighted by Gasteiger charge is -2.18. The molecule has 0 radical (unpaired) electrons. The number of unbranched alkanes of at least 4 members (excludes halogenated alkanes) is 15. The van der Waals surface area contributed by atoms with Gasteiger partial charge in [0.15, 0.2) is 0 Å². The lowest BCUT2D eigenvalue weighted by Crippen LogP contribution is -2.33. The van der Waals surface area contributed by atoms with E-state index in [1.165, 1.54) is 83.5 Å². The van der Waals surface area contributed by atoms with Crippen LogP contribution in [0.15, 0.2) is 0 Å². The van der Waals surface area contributed by atoms with E-state index in [4.69, 9.17) is 9.84 Å². The van der Waals surface area contributed by atoms with Gasteiger partial charge in [0.1, 0.15) is 12.6 Å². The first kappa shape index (κ1) is 37.4. The van der Waals surface area contributed by atoms with Crippen molar-refractivity contribution in [1.29, 1.82) is 0 Å². The van der Waals surface area contributed by atoms with E-state index in [9.17, 15) is 14.4 Å². The summed E-state index contributed by atoms with van der Waals surface area (Å²) in [5.74, 6) is -0.0848. The minimum Gasteiger partial charge on any atom is -0.480 e. The molecule has 0 saturated heterocycles. The third-order valence-corrected chi connectivity index (χ3v) is 7.37. The maximum Gasteiger partial charge on any atom is 0.322 e.